The van der Waals surface area contributed by atoms with Crippen LogP contribution in [0.2, 0.25) is 0 Å². The summed E-state index contributed by atoms with van der Waals surface area (Å²) in [5.74, 6) is 0.354. The zero-order chi connectivity index (χ0) is 84.3. The largest absolute Gasteiger partial charge is 0.472 e. The van der Waals surface area contributed by atoms with Crippen LogP contribution < -0.4 is 0 Å². The first-order chi connectivity index (χ1) is 55.8. The fourth-order valence-electron chi connectivity index (χ4n) is 15.1. The number of unbranched alkanes of at least 4 members (excludes halogenated alkanes) is 60. The number of phosphoric ester groups is 2. The van der Waals surface area contributed by atoms with E-state index in [4.69, 9.17) is 37.0 Å². The van der Waals surface area contributed by atoms with E-state index in [9.17, 15) is 43.2 Å². The number of carbonyl (C=O) groups is 4. The van der Waals surface area contributed by atoms with E-state index in [-0.39, 0.29) is 25.7 Å². The Kier molecular flexibility index (Phi) is 84.2. The number of aliphatic hydroxyl groups is 1. The second kappa shape index (κ2) is 85.6. The molecule has 0 aromatic rings. The van der Waals surface area contributed by atoms with E-state index in [0.29, 0.717) is 31.6 Å². The second-order valence-electron chi connectivity index (χ2n) is 35.4. The first-order valence-corrected chi connectivity index (χ1v) is 52.4. The molecule has 0 saturated carbocycles. The van der Waals surface area contributed by atoms with Crippen LogP contribution in [0.5, 0.6) is 0 Å². The zero-order valence-electron chi connectivity index (χ0n) is 76.3. The van der Waals surface area contributed by atoms with Gasteiger partial charge in [0.2, 0.25) is 0 Å². The van der Waals surface area contributed by atoms with Crippen LogP contribution in [-0.2, 0) is 65.4 Å². The van der Waals surface area contributed by atoms with E-state index in [1.54, 1.807) is 0 Å². The van der Waals surface area contributed by atoms with Gasteiger partial charge in [0.05, 0.1) is 26.4 Å². The fourth-order valence-corrected chi connectivity index (χ4v) is 16.7. The van der Waals surface area contributed by atoms with Crippen molar-refractivity contribution in [1.29, 1.82) is 0 Å². The van der Waals surface area contributed by atoms with Gasteiger partial charge < -0.3 is 33.8 Å². The van der Waals surface area contributed by atoms with Crippen LogP contribution in [0.1, 0.15) is 517 Å². The molecule has 0 aromatic heterocycles. The number of rotatable bonds is 94. The van der Waals surface area contributed by atoms with Crippen molar-refractivity contribution in [2.45, 2.75) is 535 Å². The highest BCUT2D eigenvalue weighted by molar-refractivity contribution is 7.47. The number of aliphatic hydroxyl groups excluding tert-OH is 1. The average Bonchev–Trinajstić information content (AvgIpc) is 0.900. The third kappa shape index (κ3) is 86.8. The summed E-state index contributed by atoms with van der Waals surface area (Å²) in [4.78, 5) is 73.5. The molecule has 0 aliphatic carbocycles. The first-order valence-electron chi connectivity index (χ1n) is 49.4. The molecular weight excluding hydrogens is 1490 g/mol. The van der Waals surface area contributed by atoms with Crippen LogP contribution in [0.4, 0.5) is 0 Å². The van der Waals surface area contributed by atoms with Crippen LogP contribution in [-0.4, -0.2) is 96.7 Å². The van der Waals surface area contributed by atoms with Crippen molar-refractivity contribution >= 4 is 39.5 Å². The van der Waals surface area contributed by atoms with Crippen molar-refractivity contribution in [3.05, 3.63) is 0 Å². The Morgan fingerprint density at radius 3 is 0.661 bits per heavy atom. The van der Waals surface area contributed by atoms with Crippen LogP contribution in [0.25, 0.3) is 0 Å². The molecule has 4 unspecified atom stereocenters. The molecule has 0 aliphatic rings. The third-order valence-corrected chi connectivity index (χ3v) is 25.3. The van der Waals surface area contributed by atoms with Crippen LogP contribution in [0.15, 0.2) is 0 Å². The van der Waals surface area contributed by atoms with E-state index >= 15 is 0 Å². The van der Waals surface area contributed by atoms with Gasteiger partial charge in [-0.2, -0.15) is 0 Å². The highest BCUT2D eigenvalue weighted by Crippen LogP contribution is 2.45. The molecule has 0 radical (unpaired) electrons. The van der Waals surface area contributed by atoms with Gasteiger partial charge in [-0.15, -0.1) is 0 Å². The minimum absolute atomic E-state index is 0.108. The van der Waals surface area contributed by atoms with Crippen molar-refractivity contribution in [2.75, 3.05) is 39.6 Å². The number of ether oxygens (including phenoxy) is 4. The molecule has 0 aromatic carbocycles. The molecule has 0 amide bonds. The van der Waals surface area contributed by atoms with Gasteiger partial charge in [-0.1, -0.05) is 466 Å². The number of phosphoric acid groups is 2. The molecule has 115 heavy (non-hydrogen) atoms. The normalized spacial score (nSPS) is 14.2. The molecule has 684 valence electrons. The summed E-state index contributed by atoms with van der Waals surface area (Å²) in [5.41, 5.74) is 0. The van der Waals surface area contributed by atoms with Gasteiger partial charge in [-0.25, -0.2) is 9.13 Å². The van der Waals surface area contributed by atoms with Gasteiger partial charge in [0.15, 0.2) is 12.2 Å². The smallest absolute Gasteiger partial charge is 0.462 e. The van der Waals surface area contributed by atoms with Crippen LogP contribution in [0, 0.1) is 17.8 Å². The van der Waals surface area contributed by atoms with Gasteiger partial charge >= 0.3 is 39.5 Å². The monoisotopic (exact) mass is 1680 g/mol. The Hall–Kier alpha value is -1.94. The minimum atomic E-state index is -4.97. The number of hydrogen-bond donors (Lipinski definition) is 3. The topological polar surface area (TPSA) is 237 Å². The lowest BCUT2D eigenvalue weighted by atomic mass is 9.99. The molecule has 3 N–H and O–H groups in total. The van der Waals surface area contributed by atoms with Crippen LogP contribution >= 0.6 is 15.6 Å². The lowest BCUT2D eigenvalue weighted by Crippen LogP contribution is -2.30. The summed E-state index contributed by atoms with van der Waals surface area (Å²) < 4.78 is 69.2. The van der Waals surface area contributed by atoms with Crippen molar-refractivity contribution in [2.24, 2.45) is 17.8 Å². The third-order valence-electron chi connectivity index (χ3n) is 23.4. The summed E-state index contributed by atoms with van der Waals surface area (Å²) in [5, 5.41) is 10.7. The molecule has 0 aliphatic heterocycles. The van der Waals surface area contributed by atoms with Gasteiger partial charge in [0.1, 0.15) is 19.3 Å². The summed E-state index contributed by atoms with van der Waals surface area (Å²) >= 11 is 0. The SMILES string of the molecule is CCCCCCCCCCCCCCCCCCCCCCCC(=O)O[C@H](COC(=O)CCCCCCCCCC(C)C)COP(=O)(O)OC[C@H](O)COP(=O)(O)OC[C@@H](COC(=O)CCCCCCCCCCCCCCCCCCCCC(C)CC)OC(=O)CCCCCCCCCCCCCCCCCCCCC(C)CC. The average molecular weight is 1680 g/mol. The maximum atomic E-state index is 13.2. The Labute approximate surface area is 708 Å². The molecule has 19 heteroatoms. The molecule has 0 rings (SSSR count). The molecule has 0 heterocycles. The Bertz CT molecular complexity index is 2200. The van der Waals surface area contributed by atoms with Gasteiger partial charge in [0.25, 0.3) is 0 Å². The quantitative estimate of drug-likeness (QED) is 0.0222. The molecule has 0 saturated heterocycles. The number of hydrogen-bond acceptors (Lipinski definition) is 15. The minimum Gasteiger partial charge on any atom is -0.462 e. The van der Waals surface area contributed by atoms with Crippen LogP contribution in [0.3, 0.4) is 0 Å². The highest BCUT2D eigenvalue weighted by atomic mass is 31.2. The van der Waals surface area contributed by atoms with E-state index in [0.717, 1.165) is 108 Å². The second-order valence-corrected chi connectivity index (χ2v) is 38.3. The summed E-state index contributed by atoms with van der Waals surface area (Å²) in [6.07, 6.45) is 80.8. The van der Waals surface area contributed by atoms with Crippen molar-refractivity contribution in [3.8, 4) is 0 Å². The van der Waals surface area contributed by atoms with Gasteiger partial charge in [-0.05, 0) is 43.4 Å². The summed E-state index contributed by atoms with van der Waals surface area (Å²) in [7, 11) is -9.94. The number of esters is 4. The number of carbonyl (C=O) groups excluding carboxylic acids is 4. The maximum absolute atomic E-state index is 13.2. The summed E-state index contributed by atoms with van der Waals surface area (Å²) in [6.45, 7) is 12.1. The van der Waals surface area contributed by atoms with Gasteiger partial charge in [0, 0.05) is 25.7 Å². The molecule has 17 nitrogen and oxygen atoms in total. The standard InChI is InChI=1S/C96H188O17P2/c1-8-11-12-13-14-15-16-17-18-19-20-21-22-30-35-40-45-50-57-65-73-80-96(101)113-92(84-107-94(99)78-71-64-59-52-53-60-67-74-87(4)5)86-111-115(104,105)109-82-90(97)81-108-114(102,103)110-85-91(112-95(100)79-72-66-58-51-46-41-36-31-26-24-28-33-38-43-48-55-62-69-76-89(7)10-3)83-106-93(98)77-70-63-56-49-44-39-34-29-25-23-27-32-37-42-47-54-61-68-75-88(6)9-2/h87-92,97H,8-86H2,1-7H3,(H,102,103)(H,104,105)/t88?,89?,90-,91-,92-/m1/s1. The predicted octanol–water partition coefficient (Wildman–Crippen LogP) is 30.0. The maximum Gasteiger partial charge on any atom is 0.472 e. The molecule has 0 fully saturated rings. The Morgan fingerprint density at radius 1 is 0.252 bits per heavy atom. The zero-order valence-corrected chi connectivity index (χ0v) is 78.1. The van der Waals surface area contributed by atoms with Gasteiger partial charge in [-0.3, -0.25) is 37.3 Å². The van der Waals surface area contributed by atoms with Crippen molar-refractivity contribution in [3.63, 3.8) is 0 Å². The van der Waals surface area contributed by atoms with E-state index in [1.807, 2.05) is 0 Å². The Balaban J connectivity index is 5.20. The molecule has 7 atom stereocenters. The molecular formula is C96H188O17P2. The Morgan fingerprint density at radius 2 is 0.443 bits per heavy atom. The summed E-state index contributed by atoms with van der Waals surface area (Å²) in [6, 6.07) is 0. The van der Waals surface area contributed by atoms with E-state index in [1.165, 1.54) is 321 Å². The predicted molar refractivity (Wildman–Crippen MR) is 478 cm³/mol. The lowest BCUT2D eigenvalue weighted by molar-refractivity contribution is -0.161. The fraction of sp³-hybridized carbons (Fsp3) is 0.958. The van der Waals surface area contributed by atoms with E-state index in [2.05, 4.69) is 48.5 Å². The van der Waals surface area contributed by atoms with E-state index < -0.39 is 97.5 Å². The molecule has 0 spiro atoms. The lowest BCUT2D eigenvalue weighted by Gasteiger charge is -2.21. The highest BCUT2D eigenvalue weighted by Gasteiger charge is 2.31. The van der Waals surface area contributed by atoms with Crippen molar-refractivity contribution < 1.29 is 80.2 Å². The molecule has 0 bridgehead atoms. The van der Waals surface area contributed by atoms with Crippen molar-refractivity contribution in [1.82, 2.24) is 0 Å². The first kappa shape index (κ1) is 113.